The fourth-order valence-electron chi connectivity index (χ4n) is 4.13. The Labute approximate surface area is 233 Å². The van der Waals surface area contributed by atoms with E-state index in [1.165, 1.54) is 41.1 Å². The summed E-state index contributed by atoms with van der Waals surface area (Å²) in [5.74, 6) is -4.60. The maximum atomic E-state index is 13.6. The number of aryl methyl sites for hydroxylation is 1. The summed E-state index contributed by atoms with van der Waals surface area (Å²) in [6.45, 7) is 6.86. The zero-order chi connectivity index (χ0) is 30.5. The van der Waals surface area contributed by atoms with Crippen molar-refractivity contribution in [1.82, 2.24) is 0 Å². The lowest BCUT2D eigenvalue weighted by Gasteiger charge is -2.39. The number of alkyl halides is 3. The highest BCUT2D eigenvalue weighted by atomic mass is 32.2. The SMILES string of the molecule is Cc1cccc(N2CCN(c3ccc(C(=O)O)cc3NS(=O)(=O)c3cccc(F)c3)CC2)c1C.O=C(O)C(F)(F)F. The van der Waals surface area contributed by atoms with Gasteiger partial charge in [-0.3, -0.25) is 4.72 Å². The fourth-order valence-corrected chi connectivity index (χ4v) is 5.23. The Morgan fingerprint density at radius 1 is 0.854 bits per heavy atom. The van der Waals surface area contributed by atoms with Crippen molar-refractivity contribution >= 4 is 39.0 Å². The summed E-state index contributed by atoms with van der Waals surface area (Å²) < 4.78 is 73.7. The first-order valence-electron chi connectivity index (χ1n) is 12.1. The van der Waals surface area contributed by atoms with E-state index < -0.39 is 34.0 Å². The summed E-state index contributed by atoms with van der Waals surface area (Å²) in [5.41, 5.74) is 4.29. The number of hydrogen-bond acceptors (Lipinski definition) is 6. The lowest BCUT2D eigenvalue weighted by atomic mass is 10.1. The van der Waals surface area contributed by atoms with E-state index in [0.29, 0.717) is 18.8 Å². The van der Waals surface area contributed by atoms with Crippen LogP contribution < -0.4 is 14.5 Å². The van der Waals surface area contributed by atoms with Crippen LogP contribution >= 0.6 is 0 Å². The average Bonchev–Trinajstić information content (AvgIpc) is 2.90. The molecule has 0 aromatic heterocycles. The number of nitrogens with zero attached hydrogens (tertiary/aromatic N) is 2. The third kappa shape index (κ3) is 7.87. The monoisotopic (exact) mass is 597 g/mol. The Bertz CT molecular complexity index is 1540. The molecule has 0 saturated carbocycles. The number of aromatic carboxylic acids is 1. The Hall–Kier alpha value is -4.33. The predicted octanol–water partition coefficient (Wildman–Crippen LogP) is 4.90. The number of sulfonamides is 1. The van der Waals surface area contributed by atoms with Crippen molar-refractivity contribution in [2.45, 2.75) is 24.9 Å². The van der Waals surface area contributed by atoms with Crippen LogP contribution in [-0.4, -0.2) is 62.9 Å². The van der Waals surface area contributed by atoms with Crippen molar-refractivity contribution < 1.29 is 45.8 Å². The zero-order valence-corrected chi connectivity index (χ0v) is 22.8. The maximum Gasteiger partial charge on any atom is 0.490 e. The Kier molecular flexibility index (Phi) is 9.48. The second-order valence-electron chi connectivity index (χ2n) is 9.10. The Morgan fingerprint density at radius 2 is 1.41 bits per heavy atom. The van der Waals surface area contributed by atoms with Crippen molar-refractivity contribution in [2.75, 3.05) is 40.7 Å². The minimum Gasteiger partial charge on any atom is -0.478 e. The van der Waals surface area contributed by atoms with Crippen LogP contribution in [0.2, 0.25) is 0 Å². The number of carboxylic acid groups (broad SMARTS) is 2. The summed E-state index contributed by atoms with van der Waals surface area (Å²) >= 11 is 0. The molecule has 0 aliphatic carbocycles. The van der Waals surface area contributed by atoms with E-state index >= 15 is 0 Å². The van der Waals surface area contributed by atoms with Gasteiger partial charge in [-0.05, 0) is 67.4 Å². The molecule has 0 spiro atoms. The van der Waals surface area contributed by atoms with Crippen LogP contribution in [0.15, 0.2) is 65.6 Å². The molecule has 1 saturated heterocycles. The standard InChI is InChI=1S/C25H26FN3O4S.C2HF3O2/c1-17-5-3-8-23(18(17)2)28-11-13-29(14-12-28)24-10-9-19(25(30)31)15-22(24)27-34(32,33)21-7-4-6-20(26)16-21;3-2(4,5)1(6)7/h3-10,15-16,27H,11-14H2,1-2H3,(H,30,31);(H,6,7). The smallest absolute Gasteiger partial charge is 0.478 e. The number of benzene rings is 3. The van der Waals surface area contributed by atoms with E-state index in [-0.39, 0.29) is 16.1 Å². The molecule has 3 N–H and O–H groups in total. The van der Waals surface area contributed by atoms with Crippen LogP contribution in [0.25, 0.3) is 0 Å². The van der Waals surface area contributed by atoms with E-state index in [0.717, 1.165) is 25.2 Å². The minimum absolute atomic E-state index is 0.0466. The highest BCUT2D eigenvalue weighted by Crippen LogP contribution is 2.32. The Morgan fingerprint density at radius 3 is 1.95 bits per heavy atom. The first-order valence-corrected chi connectivity index (χ1v) is 13.6. The highest BCUT2D eigenvalue weighted by Gasteiger charge is 2.38. The van der Waals surface area contributed by atoms with Gasteiger partial charge in [0.25, 0.3) is 10.0 Å². The molecule has 3 aromatic rings. The number of halogens is 4. The van der Waals surface area contributed by atoms with E-state index in [2.05, 4.69) is 35.6 Å². The molecule has 0 amide bonds. The van der Waals surface area contributed by atoms with Gasteiger partial charge in [0.05, 0.1) is 21.8 Å². The van der Waals surface area contributed by atoms with Crippen molar-refractivity contribution in [3.8, 4) is 0 Å². The number of rotatable bonds is 6. The minimum atomic E-state index is -5.08. The second kappa shape index (κ2) is 12.5. The van der Waals surface area contributed by atoms with Crippen molar-refractivity contribution in [1.29, 1.82) is 0 Å². The maximum absolute atomic E-state index is 13.6. The number of hydrogen-bond donors (Lipinski definition) is 3. The quantitative estimate of drug-likeness (QED) is 0.343. The molecule has 4 rings (SSSR count). The molecule has 14 heteroatoms. The number of aliphatic carboxylic acids is 1. The molecule has 41 heavy (non-hydrogen) atoms. The van der Waals surface area contributed by atoms with Gasteiger partial charge in [-0.1, -0.05) is 18.2 Å². The topological polar surface area (TPSA) is 127 Å². The van der Waals surface area contributed by atoms with Crippen LogP contribution in [0, 0.1) is 19.7 Å². The predicted molar refractivity (Wildman–Crippen MR) is 145 cm³/mol. The van der Waals surface area contributed by atoms with Gasteiger partial charge < -0.3 is 20.0 Å². The van der Waals surface area contributed by atoms with E-state index in [4.69, 9.17) is 9.90 Å². The number of carbonyl (C=O) groups is 2. The van der Waals surface area contributed by atoms with Gasteiger partial charge in [-0.2, -0.15) is 13.2 Å². The van der Waals surface area contributed by atoms with Crippen LogP contribution in [-0.2, 0) is 14.8 Å². The number of anilines is 3. The normalized spacial score (nSPS) is 13.7. The molecule has 0 atom stereocenters. The Balaban J connectivity index is 0.000000587. The fraction of sp³-hybridized carbons (Fsp3) is 0.259. The van der Waals surface area contributed by atoms with Crippen molar-refractivity contribution in [2.24, 2.45) is 0 Å². The van der Waals surface area contributed by atoms with Crippen molar-refractivity contribution in [3.05, 3.63) is 83.2 Å². The molecular weight excluding hydrogens is 570 g/mol. The van der Waals surface area contributed by atoms with Gasteiger partial charge in [0.1, 0.15) is 5.82 Å². The highest BCUT2D eigenvalue weighted by molar-refractivity contribution is 7.92. The second-order valence-corrected chi connectivity index (χ2v) is 10.8. The summed E-state index contributed by atoms with van der Waals surface area (Å²) in [7, 11) is -4.12. The van der Waals surface area contributed by atoms with Crippen LogP contribution in [0.3, 0.4) is 0 Å². The van der Waals surface area contributed by atoms with Crippen LogP contribution in [0.4, 0.5) is 34.6 Å². The molecule has 0 radical (unpaired) electrons. The van der Waals surface area contributed by atoms with Gasteiger partial charge >= 0.3 is 18.1 Å². The molecule has 220 valence electrons. The molecule has 0 unspecified atom stereocenters. The average molecular weight is 598 g/mol. The summed E-state index contributed by atoms with van der Waals surface area (Å²) in [6, 6.07) is 15.3. The molecule has 1 aliphatic rings. The van der Waals surface area contributed by atoms with Crippen LogP contribution in [0.1, 0.15) is 21.5 Å². The number of piperazine rings is 1. The lowest BCUT2D eigenvalue weighted by Crippen LogP contribution is -2.47. The largest absolute Gasteiger partial charge is 0.490 e. The first-order chi connectivity index (χ1) is 19.1. The summed E-state index contributed by atoms with van der Waals surface area (Å²) in [4.78, 5) is 24.5. The zero-order valence-electron chi connectivity index (χ0n) is 21.9. The number of carboxylic acids is 2. The molecule has 3 aromatic carbocycles. The molecule has 9 nitrogen and oxygen atoms in total. The molecule has 1 aliphatic heterocycles. The van der Waals surface area contributed by atoms with Crippen molar-refractivity contribution in [3.63, 3.8) is 0 Å². The third-order valence-corrected chi connectivity index (χ3v) is 7.74. The van der Waals surface area contributed by atoms with Gasteiger partial charge in [0.2, 0.25) is 0 Å². The van der Waals surface area contributed by atoms with Gasteiger partial charge in [0, 0.05) is 31.9 Å². The molecular formula is C27H27F4N3O6S. The van der Waals surface area contributed by atoms with Crippen LogP contribution in [0.5, 0.6) is 0 Å². The third-order valence-electron chi connectivity index (χ3n) is 6.37. The molecule has 1 fully saturated rings. The van der Waals surface area contributed by atoms with E-state index in [1.54, 1.807) is 6.07 Å². The summed E-state index contributed by atoms with van der Waals surface area (Å²) in [5, 5.41) is 16.5. The molecule has 1 heterocycles. The van der Waals surface area contributed by atoms with E-state index in [9.17, 15) is 35.9 Å². The van der Waals surface area contributed by atoms with Gasteiger partial charge in [0.15, 0.2) is 0 Å². The lowest BCUT2D eigenvalue weighted by molar-refractivity contribution is -0.192. The van der Waals surface area contributed by atoms with Gasteiger partial charge in [-0.25, -0.2) is 22.4 Å². The molecule has 0 bridgehead atoms. The van der Waals surface area contributed by atoms with E-state index in [1.807, 2.05) is 11.0 Å². The summed E-state index contributed by atoms with van der Waals surface area (Å²) in [6.07, 6.45) is -5.08. The number of nitrogens with one attached hydrogen (secondary N) is 1. The van der Waals surface area contributed by atoms with Gasteiger partial charge in [-0.15, -0.1) is 0 Å². The first kappa shape index (κ1) is 31.2.